The summed E-state index contributed by atoms with van der Waals surface area (Å²) in [6.45, 7) is 0. The molecule has 0 saturated heterocycles. The molecule has 0 atom stereocenters. The van der Waals surface area contributed by atoms with Crippen LogP contribution in [0.3, 0.4) is 0 Å². The molecular formula is O15Si5Sr2Y2. The summed E-state index contributed by atoms with van der Waals surface area (Å²) in [5, 5.41) is 0. The van der Waals surface area contributed by atoms with Gasteiger partial charge < -0.3 is 70.3 Å². The molecule has 0 saturated carbocycles. The Hall–Kier alpha value is 3.25. The second-order valence-corrected chi connectivity index (χ2v) is 3.75. The third-order valence-corrected chi connectivity index (χ3v) is 0. The van der Waals surface area contributed by atoms with Crippen molar-refractivity contribution in [2.45, 2.75) is 0 Å². The molecule has 0 aliphatic carbocycles. The SMILES string of the molecule is O=[Si]([O-])[O-].O=[Si]([O-])[O-].O=[Si]([O-])[O-].O=[Si]([O-])[O-].O=[Si]([O-])[O-].[Sr+2].[Sr+2].[Y+3].[Y+3]. The maximum absolute atomic E-state index is 8.52. The monoisotopic (exact) mass is 733 g/mol. The predicted octanol–water partition coefficient (Wildman–Crippen LogP) is -15.2. The van der Waals surface area contributed by atoms with Crippen molar-refractivity contribution in [1.29, 1.82) is 0 Å². The summed E-state index contributed by atoms with van der Waals surface area (Å²) < 4.78 is 42.6. The first-order valence-electron chi connectivity index (χ1n) is 3.06. The topological polar surface area (TPSA) is 316 Å². The molecule has 15 nitrogen and oxygen atoms in total. The molecule has 0 heterocycles. The molecule has 0 aliphatic rings. The van der Waals surface area contributed by atoms with E-state index in [1.165, 1.54) is 0 Å². The summed E-state index contributed by atoms with van der Waals surface area (Å²) in [4.78, 5) is 85.2. The van der Waals surface area contributed by atoms with Gasteiger partial charge in [-0.25, -0.2) is 0 Å². The van der Waals surface area contributed by atoms with Crippen LogP contribution in [0, 0.1) is 0 Å². The van der Waals surface area contributed by atoms with E-state index in [1.807, 2.05) is 0 Å². The Balaban J connectivity index is -0.0000000161. The Bertz CT molecular complexity index is 221. The molecule has 0 N–H and O–H groups in total. The van der Waals surface area contributed by atoms with E-state index in [2.05, 4.69) is 0 Å². The van der Waals surface area contributed by atoms with Crippen LogP contribution in [-0.4, -0.2) is 137 Å². The van der Waals surface area contributed by atoms with E-state index in [-0.39, 0.29) is 156 Å². The predicted molar refractivity (Wildman–Crippen MR) is 43.7 cm³/mol. The van der Waals surface area contributed by atoms with Crippen molar-refractivity contribution >= 4 is 137 Å². The van der Waals surface area contributed by atoms with E-state index in [0.29, 0.717) is 0 Å². The Kier molecular flexibility index (Phi) is 118. The molecule has 24 heteroatoms. The van der Waals surface area contributed by atoms with Crippen molar-refractivity contribution in [1.82, 2.24) is 0 Å². The van der Waals surface area contributed by atoms with Crippen LogP contribution in [0.5, 0.6) is 0 Å². The van der Waals surface area contributed by atoms with Gasteiger partial charge >= 0.3 is 156 Å². The summed E-state index contributed by atoms with van der Waals surface area (Å²) in [6, 6.07) is 0. The summed E-state index contributed by atoms with van der Waals surface area (Å²) in [5.74, 6) is 0. The van der Waals surface area contributed by atoms with Crippen molar-refractivity contribution in [3.8, 4) is 0 Å². The van der Waals surface area contributed by atoms with Crippen molar-refractivity contribution in [3.63, 3.8) is 0 Å². The van der Waals surface area contributed by atoms with E-state index >= 15 is 0 Å². The van der Waals surface area contributed by atoms with E-state index in [1.54, 1.807) is 0 Å². The molecule has 0 aromatic carbocycles. The van der Waals surface area contributed by atoms with E-state index < -0.39 is 45.9 Å². The summed E-state index contributed by atoms with van der Waals surface area (Å²) in [5.41, 5.74) is 0. The summed E-state index contributed by atoms with van der Waals surface area (Å²) in [7, 11) is -18.1. The van der Waals surface area contributed by atoms with Gasteiger partial charge in [-0.2, -0.15) is 0 Å². The Morgan fingerprint density at radius 1 is 0.333 bits per heavy atom. The maximum atomic E-state index is 8.52. The molecule has 0 aromatic rings. The quantitative estimate of drug-likeness (QED) is 0.209. The van der Waals surface area contributed by atoms with Gasteiger partial charge in [-0.05, 0) is 0 Å². The molecule has 0 aromatic heterocycles. The molecular weight excluding hydrogens is 733 g/mol. The summed E-state index contributed by atoms with van der Waals surface area (Å²) in [6.07, 6.45) is 0. The molecule has 0 amide bonds. The maximum Gasteiger partial charge on any atom is 3.00 e. The largest absolute Gasteiger partial charge is 3.00 e. The standard InChI is InChI=1S/5O3Si.2Sr.2Y/c5*1-4(2)3;;;;/q5*-2;2*+2;2*+3. The molecule has 120 valence electrons. The van der Waals surface area contributed by atoms with Gasteiger partial charge in [0.1, 0.15) is 0 Å². The van der Waals surface area contributed by atoms with Crippen LogP contribution in [0.4, 0.5) is 0 Å². The zero-order valence-electron chi connectivity index (χ0n) is 11.2. The van der Waals surface area contributed by atoms with Gasteiger partial charge in [-0.15, -0.1) is 0 Å². The van der Waals surface area contributed by atoms with Crippen molar-refractivity contribution in [2.75, 3.05) is 0 Å². The zero-order chi connectivity index (χ0) is 17.9. The van der Waals surface area contributed by atoms with Gasteiger partial charge in [0, 0.05) is 45.9 Å². The number of rotatable bonds is 0. The van der Waals surface area contributed by atoms with Crippen molar-refractivity contribution in [3.05, 3.63) is 0 Å². The first-order valence-corrected chi connectivity index (χ1v) is 9.19. The van der Waals surface area contributed by atoms with E-state index in [9.17, 15) is 0 Å². The van der Waals surface area contributed by atoms with Crippen LogP contribution in [0.15, 0.2) is 0 Å². The first-order chi connectivity index (χ1) is 8.66. The fraction of sp³-hybridized carbons (Fsp3) is 0. The van der Waals surface area contributed by atoms with Crippen LogP contribution < -0.4 is 48.0 Å². The average molecular weight is 733 g/mol. The number of hydrogen-bond acceptors (Lipinski definition) is 15. The third kappa shape index (κ3) is 1400. The average Bonchev–Trinajstić information content (AvgIpc) is 1.94. The fourth-order valence-electron chi connectivity index (χ4n) is 0. The van der Waals surface area contributed by atoms with Gasteiger partial charge in [-0.1, -0.05) is 0 Å². The third-order valence-electron chi connectivity index (χ3n) is 0. The Labute approximate surface area is 266 Å². The van der Waals surface area contributed by atoms with Crippen LogP contribution in [0.2, 0.25) is 0 Å². The molecule has 0 spiro atoms. The Morgan fingerprint density at radius 3 is 0.333 bits per heavy atom. The normalized spacial score (nSPS) is 5.00. The molecule has 24 heavy (non-hydrogen) atoms. The van der Waals surface area contributed by atoms with Crippen LogP contribution in [0.1, 0.15) is 0 Å². The minimum absolute atomic E-state index is 0. The van der Waals surface area contributed by atoms with Gasteiger partial charge in [0.15, 0.2) is 0 Å². The zero-order valence-corrected chi connectivity index (χ0v) is 28.8. The van der Waals surface area contributed by atoms with Crippen LogP contribution in [-0.2, 0) is 87.7 Å². The minimum Gasteiger partial charge on any atom is -0.672 e. The summed E-state index contributed by atoms with van der Waals surface area (Å²) >= 11 is 0. The smallest absolute Gasteiger partial charge is 0.672 e. The molecule has 0 unspecified atom stereocenters. The number of hydrogen-bond donors (Lipinski definition) is 0. The van der Waals surface area contributed by atoms with Crippen LogP contribution >= 0.6 is 0 Å². The second kappa shape index (κ2) is 50.3. The molecule has 0 bridgehead atoms. The molecule has 0 rings (SSSR count). The first kappa shape index (κ1) is 56.4. The minimum atomic E-state index is -3.63. The molecule has 0 fully saturated rings. The van der Waals surface area contributed by atoms with Crippen molar-refractivity contribution in [2.24, 2.45) is 0 Å². The van der Waals surface area contributed by atoms with Crippen molar-refractivity contribution < 1.29 is 136 Å². The molecule has 0 aliphatic heterocycles. The van der Waals surface area contributed by atoms with Crippen LogP contribution in [0.25, 0.3) is 0 Å². The van der Waals surface area contributed by atoms with Gasteiger partial charge in [0.2, 0.25) is 0 Å². The molecule has 0 radical (unpaired) electrons. The fourth-order valence-corrected chi connectivity index (χ4v) is 0. The van der Waals surface area contributed by atoms with Gasteiger partial charge in [0.05, 0.1) is 0 Å². The van der Waals surface area contributed by atoms with E-state index in [0.717, 1.165) is 0 Å². The second-order valence-electron chi connectivity index (χ2n) is 1.25. The van der Waals surface area contributed by atoms with Gasteiger partial charge in [0.25, 0.3) is 0 Å². The van der Waals surface area contributed by atoms with Gasteiger partial charge in [-0.3, -0.25) is 0 Å². The van der Waals surface area contributed by atoms with E-state index in [4.69, 9.17) is 70.3 Å². The Morgan fingerprint density at radius 2 is 0.333 bits per heavy atom.